The maximum atomic E-state index is 14.8. The maximum absolute atomic E-state index is 14.8. The molecule has 4 aromatic rings. The molecule has 0 bridgehead atoms. The molecule has 1 aliphatic rings. The van der Waals surface area contributed by atoms with E-state index in [1.54, 1.807) is 27.7 Å². The molecule has 178 valence electrons. The molecule has 10 heteroatoms. The van der Waals surface area contributed by atoms with Crippen molar-refractivity contribution in [1.82, 2.24) is 34.2 Å². The van der Waals surface area contributed by atoms with Crippen molar-refractivity contribution in [3.63, 3.8) is 0 Å². The Balaban J connectivity index is 1.66. The third kappa shape index (κ3) is 3.67. The van der Waals surface area contributed by atoms with Crippen LogP contribution in [-0.2, 0) is 18.5 Å². The van der Waals surface area contributed by atoms with Gasteiger partial charge in [-0.3, -0.25) is 4.79 Å². The summed E-state index contributed by atoms with van der Waals surface area (Å²) in [6, 6.07) is 3.22. The number of anilines is 2. The van der Waals surface area contributed by atoms with E-state index in [2.05, 4.69) is 46.4 Å². The highest BCUT2D eigenvalue weighted by Crippen LogP contribution is 2.27. The van der Waals surface area contributed by atoms with Crippen LogP contribution in [0.4, 0.5) is 16.0 Å². The Hall–Kier alpha value is -3.53. The minimum atomic E-state index is -0.357. The standard InChI is InChI=1S/C24H29FN8O/c1-14(2)32-21(34)17-13-28-22(29-19-11-16-12-26-7-6-15(16)10-18(19)25)30-20(17)33(32)23-27-8-9-31(23)24(3,4)5/h8-11,13-14,26H,6-7,12H2,1-5H3,(H,28,29,30). The van der Waals surface area contributed by atoms with Crippen LogP contribution in [0.15, 0.2) is 35.5 Å². The van der Waals surface area contributed by atoms with Gasteiger partial charge in [-0.2, -0.15) is 9.67 Å². The lowest BCUT2D eigenvalue weighted by Crippen LogP contribution is -2.29. The fourth-order valence-corrected chi connectivity index (χ4v) is 4.41. The van der Waals surface area contributed by atoms with E-state index >= 15 is 0 Å². The predicted octanol–water partition coefficient (Wildman–Crippen LogP) is 3.64. The SMILES string of the molecule is CC(C)n1c(=O)c2cnc(Nc3cc4c(cc3F)CCNC4)nc2n1-c1nccn1C(C)(C)C. The smallest absolute Gasteiger partial charge is 0.278 e. The Morgan fingerprint density at radius 3 is 2.71 bits per heavy atom. The van der Waals surface area contributed by atoms with E-state index in [9.17, 15) is 9.18 Å². The molecule has 0 atom stereocenters. The molecule has 0 amide bonds. The molecule has 4 heterocycles. The van der Waals surface area contributed by atoms with Crippen molar-refractivity contribution in [2.75, 3.05) is 11.9 Å². The summed E-state index contributed by atoms with van der Waals surface area (Å²) in [6.07, 6.45) is 5.88. The minimum absolute atomic E-state index is 0.145. The molecule has 0 aliphatic carbocycles. The molecule has 5 rings (SSSR count). The summed E-state index contributed by atoms with van der Waals surface area (Å²) >= 11 is 0. The van der Waals surface area contributed by atoms with Gasteiger partial charge in [-0.05, 0) is 70.8 Å². The molecule has 0 spiro atoms. The van der Waals surface area contributed by atoms with Crippen molar-refractivity contribution in [2.45, 2.75) is 59.2 Å². The highest BCUT2D eigenvalue weighted by atomic mass is 19.1. The van der Waals surface area contributed by atoms with Crippen LogP contribution in [-0.4, -0.2) is 35.4 Å². The summed E-state index contributed by atoms with van der Waals surface area (Å²) in [4.78, 5) is 26.8. The van der Waals surface area contributed by atoms with Crippen LogP contribution in [0.2, 0.25) is 0 Å². The second-order valence-corrected chi connectivity index (χ2v) is 9.91. The molecule has 0 radical (unpaired) electrons. The molecule has 0 saturated carbocycles. The van der Waals surface area contributed by atoms with Gasteiger partial charge in [0.15, 0.2) is 5.65 Å². The van der Waals surface area contributed by atoms with Gasteiger partial charge >= 0.3 is 0 Å². The number of hydrogen-bond donors (Lipinski definition) is 2. The number of imidazole rings is 1. The first-order valence-electron chi connectivity index (χ1n) is 11.5. The predicted molar refractivity (Wildman–Crippen MR) is 129 cm³/mol. The fraction of sp³-hybridized carbons (Fsp3) is 0.417. The quantitative estimate of drug-likeness (QED) is 0.479. The molecule has 0 unspecified atom stereocenters. The van der Waals surface area contributed by atoms with Gasteiger partial charge in [0.25, 0.3) is 5.56 Å². The van der Waals surface area contributed by atoms with E-state index in [1.165, 1.54) is 6.20 Å². The van der Waals surface area contributed by atoms with Crippen molar-refractivity contribution in [3.8, 4) is 5.95 Å². The van der Waals surface area contributed by atoms with Gasteiger partial charge in [-0.1, -0.05) is 0 Å². The molecular weight excluding hydrogens is 435 g/mol. The Bertz CT molecular complexity index is 1440. The van der Waals surface area contributed by atoms with Crippen LogP contribution in [0.1, 0.15) is 51.8 Å². The second-order valence-electron chi connectivity index (χ2n) is 9.91. The lowest BCUT2D eigenvalue weighted by molar-refractivity contribution is 0.373. The fourth-order valence-electron chi connectivity index (χ4n) is 4.41. The lowest BCUT2D eigenvalue weighted by Gasteiger charge is -2.25. The van der Waals surface area contributed by atoms with E-state index in [0.717, 1.165) is 24.1 Å². The Kier molecular flexibility index (Phi) is 5.27. The van der Waals surface area contributed by atoms with Gasteiger partial charge in [0.1, 0.15) is 11.2 Å². The van der Waals surface area contributed by atoms with Gasteiger partial charge in [-0.25, -0.2) is 19.0 Å². The van der Waals surface area contributed by atoms with E-state index in [0.29, 0.717) is 29.2 Å². The summed E-state index contributed by atoms with van der Waals surface area (Å²) in [7, 11) is 0. The third-order valence-corrected chi connectivity index (χ3v) is 6.07. The zero-order valence-corrected chi connectivity index (χ0v) is 20.1. The number of aromatic nitrogens is 6. The lowest BCUT2D eigenvalue weighted by atomic mass is 10.00. The topological polar surface area (TPSA) is 94.6 Å². The first-order valence-corrected chi connectivity index (χ1v) is 11.5. The number of hydrogen-bond acceptors (Lipinski definition) is 6. The van der Waals surface area contributed by atoms with Crippen molar-refractivity contribution in [1.29, 1.82) is 0 Å². The first kappa shape index (κ1) is 22.3. The average Bonchev–Trinajstić information content (AvgIpc) is 3.37. The first-order chi connectivity index (χ1) is 16.1. The number of halogens is 1. The average molecular weight is 465 g/mol. The Morgan fingerprint density at radius 1 is 1.18 bits per heavy atom. The van der Waals surface area contributed by atoms with E-state index in [1.807, 2.05) is 24.6 Å². The third-order valence-electron chi connectivity index (χ3n) is 6.07. The molecule has 1 aromatic carbocycles. The van der Waals surface area contributed by atoms with Crippen LogP contribution in [0.3, 0.4) is 0 Å². The van der Waals surface area contributed by atoms with Crippen LogP contribution >= 0.6 is 0 Å². The summed E-state index contributed by atoms with van der Waals surface area (Å²) < 4.78 is 20.2. The highest BCUT2D eigenvalue weighted by molar-refractivity contribution is 5.77. The molecule has 0 fully saturated rings. The summed E-state index contributed by atoms with van der Waals surface area (Å²) in [5.41, 5.74) is 2.30. The number of nitrogens with one attached hydrogen (secondary N) is 2. The van der Waals surface area contributed by atoms with Crippen molar-refractivity contribution in [3.05, 3.63) is 58.0 Å². The van der Waals surface area contributed by atoms with Crippen LogP contribution in [0.5, 0.6) is 0 Å². The largest absolute Gasteiger partial charge is 0.322 e. The minimum Gasteiger partial charge on any atom is -0.322 e. The molecular formula is C24H29FN8O. The summed E-state index contributed by atoms with van der Waals surface area (Å²) in [5.74, 6) is 0.424. The molecule has 2 N–H and O–H groups in total. The van der Waals surface area contributed by atoms with E-state index in [-0.39, 0.29) is 28.9 Å². The van der Waals surface area contributed by atoms with Crippen molar-refractivity contribution < 1.29 is 4.39 Å². The summed E-state index contributed by atoms with van der Waals surface area (Å²) in [5, 5.41) is 6.69. The number of benzene rings is 1. The second kappa shape index (κ2) is 8.05. The number of fused-ring (bicyclic) bond motifs is 2. The zero-order valence-electron chi connectivity index (χ0n) is 20.1. The van der Waals surface area contributed by atoms with Gasteiger partial charge in [0, 0.05) is 36.7 Å². The number of nitrogens with zero attached hydrogens (tertiary/aromatic N) is 6. The zero-order chi connectivity index (χ0) is 24.2. The van der Waals surface area contributed by atoms with Crippen LogP contribution in [0, 0.1) is 5.82 Å². The van der Waals surface area contributed by atoms with E-state index in [4.69, 9.17) is 0 Å². The molecule has 1 aliphatic heterocycles. The van der Waals surface area contributed by atoms with Crippen molar-refractivity contribution >= 4 is 22.7 Å². The van der Waals surface area contributed by atoms with Crippen LogP contribution in [0.25, 0.3) is 17.0 Å². The molecule has 0 saturated heterocycles. The number of rotatable bonds is 4. The Labute approximate surface area is 196 Å². The van der Waals surface area contributed by atoms with Crippen molar-refractivity contribution in [2.24, 2.45) is 0 Å². The van der Waals surface area contributed by atoms with Gasteiger partial charge in [-0.15, -0.1) is 0 Å². The normalized spacial score (nSPS) is 14.1. The van der Waals surface area contributed by atoms with Gasteiger partial charge in [0.2, 0.25) is 11.9 Å². The van der Waals surface area contributed by atoms with Gasteiger partial charge in [0.05, 0.1) is 5.69 Å². The van der Waals surface area contributed by atoms with Gasteiger partial charge < -0.3 is 15.2 Å². The van der Waals surface area contributed by atoms with E-state index < -0.39 is 0 Å². The highest BCUT2D eigenvalue weighted by Gasteiger charge is 2.25. The molecule has 34 heavy (non-hydrogen) atoms. The summed E-state index contributed by atoms with van der Waals surface area (Å²) in [6.45, 7) is 11.6. The molecule has 9 nitrogen and oxygen atoms in total. The monoisotopic (exact) mass is 464 g/mol. The van der Waals surface area contributed by atoms with Crippen LogP contribution < -0.4 is 16.2 Å². The maximum Gasteiger partial charge on any atom is 0.278 e. The molecule has 3 aromatic heterocycles. The Morgan fingerprint density at radius 2 is 1.97 bits per heavy atom.